The van der Waals surface area contributed by atoms with Crippen LogP contribution in [0.25, 0.3) is 0 Å². The van der Waals surface area contributed by atoms with E-state index in [1.807, 2.05) is 6.07 Å². The number of thiophene rings is 1. The highest BCUT2D eigenvalue weighted by Crippen LogP contribution is 2.15. The molecule has 4 nitrogen and oxygen atoms in total. The highest BCUT2D eigenvalue weighted by atomic mass is 32.1. The molecule has 0 atom stereocenters. The molecule has 1 aromatic carbocycles. The van der Waals surface area contributed by atoms with Gasteiger partial charge in [-0.15, -0.1) is 11.3 Å². The molecule has 0 aliphatic rings. The van der Waals surface area contributed by atoms with E-state index in [1.165, 1.54) is 17.0 Å². The van der Waals surface area contributed by atoms with Crippen LogP contribution in [0.1, 0.15) is 4.88 Å². The summed E-state index contributed by atoms with van der Waals surface area (Å²) in [5.74, 6) is 0. The minimum absolute atomic E-state index is 0.119. The van der Waals surface area contributed by atoms with E-state index in [4.69, 9.17) is 0 Å². The average Bonchev–Trinajstić information content (AvgIpc) is 2.83. The average molecular weight is 248 g/mol. The van der Waals surface area contributed by atoms with E-state index < -0.39 is 4.92 Å². The monoisotopic (exact) mass is 248 g/mol. The van der Waals surface area contributed by atoms with Gasteiger partial charge in [-0.3, -0.25) is 10.1 Å². The van der Waals surface area contributed by atoms with Crippen molar-refractivity contribution in [1.82, 2.24) is 0 Å². The quantitative estimate of drug-likeness (QED) is 0.652. The van der Waals surface area contributed by atoms with E-state index in [9.17, 15) is 10.1 Å². The van der Waals surface area contributed by atoms with Gasteiger partial charge in [-0.2, -0.15) is 0 Å². The molecule has 0 spiro atoms. The first kappa shape index (κ1) is 11.6. The Morgan fingerprint density at radius 3 is 2.59 bits per heavy atom. The molecule has 0 saturated heterocycles. The molecule has 1 heterocycles. The maximum atomic E-state index is 10.5. The molecular formula is C12H12N2O2S. The number of hydrogen-bond donors (Lipinski definition) is 1. The van der Waals surface area contributed by atoms with E-state index in [0.29, 0.717) is 0 Å². The van der Waals surface area contributed by atoms with Crippen molar-refractivity contribution >= 4 is 22.7 Å². The zero-order valence-corrected chi connectivity index (χ0v) is 9.94. The summed E-state index contributed by atoms with van der Waals surface area (Å²) in [6.45, 7) is 0.832. The first-order chi connectivity index (χ1) is 8.25. The van der Waals surface area contributed by atoms with Crippen molar-refractivity contribution < 1.29 is 4.92 Å². The number of nitrogens with zero attached hydrogens (tertiary/aromatic N) is 1. The van der Waals surface area contributed by atoms with E-state index >= 15 is 0 Å². The van der Waals surface area contributed by atoms with Crippen LogP contribution in [0.4, 0.5) is 11.4 Å². The van der Waals surface area contributed by atoms with Crippen LogP contribution in [0.3, 0.4) is 0 Å². The van der Waals surface area contributed by atoms with Crippen LogP contribution in [-0.2, 0) is 6.42 Å². The fraction of sp³-hybridized carbons (Fsp3) is 0.167. The lowest BCUT2D eigenvalue weighted by Crippen LogP contribution is -2.03. The lowest BCUT2D eigenvalue weighted by molar-refractivity contribution is -0.384. The van der Waals surface area contributed by atoms with Gasteiger partial charge in [0, 0.05) is 29.2 Å². The lowest BCUT2D eigenvalue weighted by Gasteiger charge is -2.04. The second kappa shape index (κ2) is 5.45. The highest BCUT2D eigenvalue weighted by molar-refractivity contribution is 7.09. The van der Waals surface area contributed by atoms with E-state index in [2.05, 4.69) is 16.8 Å². The van der Waals surface area contributed by atoms with Gasteiger partial charge in [0.25, 0.3) is 5.69 Å². The predicted molar refractivity (Wildman–Crippen MR) is 69.6 cm³/mol. The number of non-ortho nitro benzene ring substituents is 1. The SMILES string of the molecule is O=[N+]([O-])c1ccc(NCCc2cccs2)cc1. The fourth-order valence-corrected chi connectivity index (χ4v) is 2.19. The number of nitro groups is 1. The van der Waals surface area contributed by atoms with Crippen molar-refractivity contribution in [3.63, 3.8) is 0 Å². The Bertz CT molecular complexity index is 480. The van der Waals surface area contributed by atoms with Gasteiger partial charge < -0.3 is 5.32 Å². The third kappa shape index (κ3) is 3.29. The number of nitro benzene ring substituents is 1. The summed E-state index contributed by atoms with van der Waals surface area (Å²) in [5, 5.41) is 15.8. The molecule has 2 rings (SSSR count). The molecule has 0 amide bonds. The minimum Gasteiger partial charge on any atom is -0.385 e. The third-order valence-corrected chi connectivity index (χ3v) is 3.29. The summed E-state index contributed by atoms with van der Waals surface area (Å²) in [6.07, 6.45) is 0.967. The molecular weight excluding hydrogens is 236 g/mol. The normalized spacial score (nSPS) is 10.1. The first-order valence-corrected chi connectivity index (χ1v) is 6.14. The van der Waals surface area contributed by atoms with Gasteiger partial charge in [0.1, 0.15) is 0 Å². The summed E-state index contributed by atoms with van der Waals surface area (Å²) in [5.41, 5.74) is 1.03. The van der Waals surface area contributed by atoms with Gasteiger partial charge in [0.2, 0.25) is 0 Å². The van der Waals surface area contributed by atoms with Gasteiger partial charge in [-0.05, 0) is 30.0 Å². The van der Waals surface area contributed by atoms with Crippen LogP contribution < -0.4 is 5.32 Å². The zero-order valence-electron chi connectivity index (χ0n) is 9.13. The number of hydrogen-bond acceptors (Lipinski definition) is 4. The van der Waals surface area contributed by atoms with Gasteiger partial charge in [0.05, 0.1) is 4.92 Å². The van der Waals surface area contributed by atoms with Crippen LogP contribution in [0.15, 0.2) is 41.8 Å². The van der Waals surface area contributed by atoms with Crippen molar-refractivity contribution in [2.24, 2.45) is 0 Å². The molecule has 1 N–H and O–H groups in total. The smallest absolute Gasteiger partial charge is 0.269 e. The van der Waals surface area contributed by atoms with Crippen molar-refractivity contribution in [3.8, 4) is 0 Å². The van der Waals surface area contributed by atoms with Crippen LogP contribution >= 0.6 is 11.3 Å². The third-order valence-electron chi connectivity index (χ3n) is 2.36. The summed E-state index contributed by atoms with van der Waals surface area (Å²) in [4.78, 5) is 11.4. The molecule has 1 aromatic heterocycles. The van der Waals surface area contributed by atoms with Crippen LogP contribution in [0.2, 0.25) is 0 Å². The van der Waals surface area contributed by atoms with E-state index in [0.717, 1.165) is 18.7 Å². The Kier molecular flexibility index (Phi) is 3.72. The van der Waals surface area contributed by atoms with E-state index in [-0.39, 0.29) is 5.69 Å². The first-order valence-electron chi connectivity index (χ1n) is 5.26. The predicted octanol–water partition coefficient (Wildman–Crippen LogP) is 3.31. The number of nitrogens with one attached hydrogen (secondary N) is 1. The molecule has 0 radical (unpaired) electrons. The summed E-state index contributed by atoms with van der Waals surface area (Å²) >= 11 is 1.74. The standard InChI is InChI=1S/C12H12N2O2S/c15-14(16)11-5-3-10(4-6-11)13-8-7-12-2-1-9-17-12/h1-6,9,13H,7-8H2. The van der Waals surface area contributed by atoms with Gasteiger partial charge in [-0.25, -0.2) is 0 Å². The summed E-state index contributed by atoms with van der Waals surface area (Å²) in [7, 11) is 0. The second-order valence-corrected chi connectivity index (χ2v) is 4.59. The molecule has 0 bridgehead atoms. The van der Waals surface area contributed by atoms with Crippen molar-refractivity contribution in [3.05, 3.63) is 56.8 Å². The minimum atomic E-state index is -0.393. The number of anilines is 1. The Labute approximate surface area is 103 Å². The maximum absolute atomic E-state index is 10.5. The second-order valence-electron chi connectivity index (χ2n) is 3.56. The Morgan fingerprint density at radius 2 is 2.00 bits per heavy atom. The Hall–Kier alpha value is -1.88. The van der Waals surface area contributed by atoms with Crippen LogP contribution in [0.5, 0.6) is 0 Å². The topological polar surface area (TPSA) is 55.2 Å². The molecule has 88 valence electrons. The molecule has 0 aliphatic carbocycles. The van der Waals surface area contributed by atoms with Crippen molar-refractivity contribution in [2.75, 3.05) is 11.9 Å². The number of rotatable bonds is 5. The molecule has 0 saturated carbocycles. The van der Waals surface area contributed by atoms with Crippen molar-refractivity contribution in [2.45, 2.75) is 6.42 Å². The Balaban J connectivity index is 1.85. The molecule has 0 aliphatic heterocycles. The maximum Gasteiger partial charge on any atom is 0.269 e. The van der Waals surface area contributed by atoms with Gasteiger partial charge in [0.15, 0.2) is 0 Å². The summed E-state index contributed by atoms with van der Waals surface area (Å²) in [6, 6.07) is 10.6. The molecule has 0 fully saturated rings. The van der Waals surface area contributed by atoms with Gasteiger partial charge >= 0.3 is 0 Å². The van der Waals surface area contributed by atoms with Crippen LogP contribution in [0, 0.1) is 10.1 Å². The molecule has 2 aromatic rings. The molecule has 5 heteroatoms. The largest absolute Gasteiger partial charge is 0.385 e. The Morgan fingerprint density at radius 1 is 1.24 bits per heavy atom. The highest BCUT2D eigenvalue weighted by Gasteiger charge is 2.03. The molecule has 17 heavy (non-hydrogen) atoms. The van der Waals surface area contributed by atoms with Crippen molar-refractivity contribution in [1.29, 1.82) is 0 Å². The lowest BCUT2D eigenvalue weighted by atomic mass is 10.2. The van der Waals surface area contributed by atoms with Gasteiger partial charge in [-0.1, -0.05) is 6.07 Å². The summed E-state index contributed by atoms with van der Waals surface area (Å²) < 4.78 is 0. The van der Waals surface area contributed by atoms with E-state index in [1.54, 1.807) is 23.5 Å². The zero-order chi connectivity index (χ0) is 12.1. The number of benzene rings is 1. The van der Waals surface area contributed by atoms with Crippen LogP contribution in [-0.4, -0.2) is 11.5 Å². The fourth-order valence-electron chi connectivity index (χ4n) is 1.49. The molecule has 0 unspecified atom stereocenters.